The van der Waals surface area contributed by atoms with Gasteiger partial charge in [0.05, 0.1) is 0 Å². The average Bonchev–Trinajstić information content (AvgIpc) is 2.35. The van der Waals surface area contributed by atoms with E-state index in [9.17, 15) is 0 Å². The van der Waals surface area contributed by atoms with Gasteiger partial charge in [0, 0.05) is 0 Å². The first-order chi connectivity index (χ1) is 9.28. The molecule has 0 aromatic heterocycles. The van der Waals surface area contributed by atoms with Gasteiger partial charge in [-0.25, -0.2) is 0 Å². The van der Waals surface area contributed by atoms with Crippen LogP contribution in [-0.4, -0.2) is 20.9 Å². The molecular formula is C16H20O4. The molecule has 0 saturated heterocycles. The van der Waals surface area contributed by atoms with Gasteiger partial charge in [0.15, 0.2) is 11.5 Å². The lowest BCUT2D eigenvalue weighted by Gasteiger charge is -2.20. The molecule has 20 heavy (non-hydrogen) atoms. The molecule has 108 valence electrons. The van der Waals surface area contributed by atoms with Crippen molar-refractivity contribution in [1.29, 1.82) is 0 Å². The summed E-state index contributed by atoms with van der Waals surface area (Å²) in [6, 6.07) is 12.9. The monoisotopic (exact) mass is 276 g/mol. The second kappa shape index (κ2) is 6.70. The summed E-state index contributed by atoms with van der Waals surface area (Å²) in [6.07, 6.45) is 0. The highest BCUT2D eigenvalue weighted by molar-refractivity contribution is 5.36. The highest BCUT2D eigenvalue weighted by Gasteiger charge is 2.10. The van der Waals surface area contributed by atoms with Gasteiger partial charge in [-0.3, -0.25) is 0 Å². The Morgan fingerprint density at radius 1 is 0.750 bits per heavy atom. The van der Waals surface area contributed by atoms with Crippen molar-refractivity contribution >= 4 is 0 Å². The van der Waals surface area contributed by atoms with E-state index in [2.05, 4.69) is 0 Å². The van der Waals surface area contributed by atoms with Crippen molar-refractivity contribution < 1.29 is 20.1 Å². The molecule has 0 aliphatic carbocycles. The van der Waals surface area contributed by atoms with E-state index in [-0.39, 0.29) is 22.8 Å². The summed E-state index contributed by atoms with van der Waals surface area (Å²) in [5.41, 5.74) is -0.184. The zero-order valence-corrected chi connectivity index (χ0v) is 11.9. The van der Waals surface area contributed by atoms with Crippen LogP contribution in [0.4, 0.5) is 0 Å². The molecule has 0 aliphatic heterocycles. The fourth-order valence-corrected chi connectivity index (χ4v) is 1.33. The Kier molecular flexibility index (Phi) is 5.26. The van der Waals surface area contributed by atoms with Gasteiger partial charge < -0.3 is 20.1 Å². The number of para-hydroxylation sites is 2. The van der Waals surface area contributed by atoms with Gasteiger partial charge in [-0.2, -0.15) is 0 Å². The minimum atomic E-state index is -0.184. The standard InChI is InChI=1S/C10H14O2.C6H6O2/c1-10(2,3)12-9-6-4-8(11)5-7-9;7-5-3-1-2-4-6(5)8/h4-7,11H,1-3H3;1-4,7-8H. The zero-order valence-electron chi connectivity index (χ0n) is 11.9. The minimum Gasteiger partial charge on any atom is -0.508 e. The van der Waals surface area contributed by atoms with E-state index in [1.807, 2.05) is 20.8 Å². The predicted octanol–water partition coefficient (Wildman–Crippen LogP) is 3.67. The first kappa shape index (κ1) is 15.7. The SMILES string of the molecule is CC(C)(C)Oc1ccc(O)cc1.Oc1ccccc1O. The van der Waals surface area contributed by atoms with Crippen molar-refractivity contribution in [3.63, 3.8) is 0 Å². The average molecular weight is 276 g/mol. The molecular weight excluding hydrogens is 256 g/mol. The van der Waals surface area contributed by atoms with Crippen LogP contribution in [0.3, 0.4) is 0 Å². The topological polar surface area (TPSA) is 69.9 Å². The van der Waals surface area contributed by atoms with Crippen molar-refractivity contribution in [2.75, 3.05) is 0 Å². The van der Waals surface area contributed by atoms with Crippen LogP contribution in [0.25, 0.3) is 0 Å². The number of ether oxygens (including phenoxy) is 1. The molecule has 0 saturated carbocycles. The molecule has 3 N–H and O–H groups in total. The third-order valence-electron chi connectivity index (χ3n) is 2.14. The predicted molar refractivity (Wildman–Crippen MR) is 78.3 cm³/mol. The molecule has 2 aromatic carbocycles. The van der Waals surface area contributed by atoms with Crippen LogP contribution in [0, 0.1) is 0 Å². The van der Waals surface area contributed by atoms with Crippen LogP contribution in [0.2, 0.25) is 0 Å². The molecule has 0 amide bonds. The van der Waals surface area contributed by atoms with Crippen molar-refractivity contribution in [1.82, 2.24) is 0 Å². The maximum Gasteiger partial charge on any atom is 0.157 e. The van der Waals surface area contributed by atoms with Crippen LogP contribution < -0.4 is 4.74 Å². The summed E-state index contributed by atoms with van der Waals surface area (Å²) in [4.78, 5) is 0. The summed E-state index contributed by atoms with van der Waals surface area (Å²) in [5, 5.41) is 26.3. The van der Waals surface area contributed by atoms with E-state index in [0.717, 1.165) is 5.75 Å². The molecule has 0 atom stereocenters. The number of phenols is 3. The van der Waals surface area contributed by atoms with Crippen molar-refractivity contribution in [3.8, 4) is 23.0 Å². The lowest BCUT2D eigenvalue weighted by Crippen LogP contribution is -2.22. The molecule has 2 rings (SSSR count). The number of aromatic hydroxyl groups is 3. The Bertz CT molecular complexity index is 506. The zero-order chi connectivity index (χ0) is 15.2. The number of hydrogen-bond acceptors (Lipinski definition) is 4. The highest BCUT2D eigenvalue weighted by atomic mass is 16.5. The quantitative estimate of drug-likeness (QED) is 0.695. The molecule has 0 aliphatic rings. The lowest BCUT2D eigenvalue weighted by atomic mass is 10.2. The summed E-state index contributed by atoms with van der Waals surface area (Å²) in [5.74, 6) is 0.886. The van der Waals surface area contributed by atoms with Gasteiger partial charge in [-0.1, -0.05) is 12.1 Å². The van der Waals surface area contributed by atoms with Crippen LogP contribution in [-0.2, 0) is 0 Å². The van der Waals surface area contributed by atoms with Crippen molar-refractivity contribution in [2.24, 2.45) is 0 Å². The molecule has 2 aromatic rings. The van der Waals surface area contributed by atoms with Gasteiger partial charge in [0.1, 0.15) is 17.1 Å². The third kappa shape index (κ3) is 6.00. The van der Waals surface area contributed by atoms with Crippen LogP contribution in [0.15, 0.2) is 48.5 Å². The minimum absolute atomic E-state index is 0.0764. The third-order valence-corrected chi connectivity index (χ3v) is 2.14. The maximum absolute atomic E-state index is 9.00. The normalized spacial score (nSPS) is 10.3. The van der Waals surface area contributed by atoms with Crippen LogP contribution in [0.5, 0.6) is 23.0 Å². The van der Waals surface area contributed by atoms with E-state index < -0.39 is 0 Å². The van der Waals surface area contributed by atoms with E-state index in [0.29, 0.717) is 0 Å². The van der Waals surface area contributed by atoms with E-state index in [1.165, 1.54) is 12.1 Å². The largest absolute Gasteiger partial charge is 0.508 e. The molecule has 0 fully saturated rings. The van der Waals surface area contributed by atoms with Gasteiger partial charge in [-0.05, 0) is 57.2 Å². The fourth-order valence-electron chi connectivity index (χ4n) is 1.33. The molecule has 0 unspecified atom stereocenters. The Labute approximate surface area is 118 Å². The first-order valence-corrected chi connectivity index (χ1v) is 6.23. The summed E-state index contributed by atoms with van der Waals surface area (Å²) >= 11 is 0. The lowest BCUT2D eigenvalue weighted by molar-refractivity contribution is 0.131. The van der Waals surface area contributed by atoms with Crippen LogP contribution in [0.1, 0.15) is 20.8 Å². The maximum atomic E-state index is 9.00. The molecule has 0 bridgehead atoms. The molecule has 0 radical (unpaired) electrons. The van der Waals surface area contributed by atoms with E-state index in [1.54, 1.807) is 36.4 Å². The fraction of sp³-hybridized carbons (Fsp3) is 0.250. The Morgan fingerprint density at radius 3 is 1.55 bits per heavy atom. The number of phenolic OH excluding ortho intramolecular Hbond substituents is 3. The van der Waals surface area contributed by atoms with Gasteiger partial charge in [-0.15, -0.1) is 0 Å². The Hall–Kier alpha value is -2.36. The van der Waals surface area contributed by atoms with E-state index >= 15 is 0 Å². The molecule has 4 heteroatoms. The number of hydrogen-bond donors (Lipinski definition) is 3. The van der Waals surface area contributed by atoms with Crippen molar-refractivity contribution in [3.05, 3.63) is 48.5 Å². The molecule has 0 heterocycles. The van der Waals surface area contributed by atoms with Crippen molar-refractivity contribution in [2.45, 2.75) is 26.4 Å². The smallest absolute Gasteiger partial charge is 0.157 e. The number of rotatable bonds is 1. The molecule has 4 nitrogen and oxygen atoms in total. The Balaban J connectivity index is 0.000000217. The number of benzene rings is 2. The first-order valence-electron chi connectivity index (χ1n) is 6.23. The molecule has 0 spiro atoms. The Morgan fingerprint density at radius 2 is 1.20 bits per heavy atom. The van der Waals surface area contributed by atoms with Gasteiger partial charge >= 0.3 is 0 Å². The summed E-state index contributed by atoms with van der Waals surface area (Å²) < 4.78 is 5.55. The highest BCUT2D eigenvalue weighted by Crippen LogP contribution is 2.21. The van der Waals surface area contributed by atoms with E-state index in [4.69, 9.17) is 20.1 Å². The second-order valence-electron chi connectivity index (χ2n) is 5.20. The summed E-state index contributed by atoms with van der Waals surface area (Å²) in [7, 11) is 0. The second-order valence-corrected chi connectivity index (χ2v) is 5.20. The van der Waals surface area contributed by atoms with Gasteiger partial charge in [0.2, 0.25) is 0 Å². The van der Waals surface area contributed by atoms with Crippen LogP contribution >= 0.6 is 0 Å². The summed E-state index contributed by atoms with van der Waals surface area (Å²) in [6.45, 7) is 5.96. The van der Waals surface area contributed by atoms with Gasteiger partial charge in [0.25, 0.3) is 0 Å².